The molecule has 1 rings (SSSR count). The maximum atomic E-state index is 6.10. The zero-order valence-electron chi connectivity index (χ0n) is 8.30. The molecule has 0 radical (unpaired) electrons. The Balaban J connectivity index is 2.65. The first kappa shape index (κ1) is 11.2. The van der Waals surface area contributed by atoms with Crippen molar-refractivity contribution in [1.82, 2.24) is 0 Å². The summed E-state index contributed by atoms with van der Waals surface area (Å²) in [5, 5.41) is 2.09. The third kappa shape index (κ3) is 3.08. The average Bonchev–Trinajstić information content (AvgIpc) is 2.34. The number of nitrogens with two attached hydrogens (primary N) is 1. The highest BCUT2D eigenvalue weighted by Crippen LogP contribution is 2.28. The van der Waals surface area contributed by atoms with E-state index in [0.29, 0.717) is 0 Å². The van der Waals surface area contributed by atoms with E-state index < -0.39 is 0 Å². The Hall–Kier alpha value is 0.140. The summed E-state index contributed by atoms with van der Waals surface area (Å²) >= 11 is 5.28. The van der Waals surface area contributed by atoms with Crippen molar-refractivity contribution < 1.29 is 0 Å². The normalized spacial score (nSPS) is 14.5. The molecule has 74 valence electrons. The maximum Gasteiger partial charge on any atom is 0.0314 e. The van der Waals surface area contributed by atoms with Crippen molar-refractivity contribution in [3.05, 3.63) is 20.8 Å². The van der Waals surface area contributed by atoms with Gasteiger partial charge in [0.2, 0.25) is 0 Å². The second kappa shape index (κ2) is 4.11. The highest BCUT2D eigenvalue weighted by molar-refractivity contribution is 9.10. The van der Waals surface area contributed by atoms with Crippen molar-refractivity contribution in [3.8, 4) is 0 Å². The van der Waals surface area contributed by atoms with Crippen LogP contribution >= 0.6 is 27.3 Å². The fraction of sp³-hybridized carbons (Fsp3) is 0.600. The molecule has 1 aromatic heterocycles. The van der Waals surface area contributed by atoms with E-state index in [9.17, 15) is 0 Å². The standard InChI is InChI=1S/C10H16BrNS/c1-10(2,3)9(12)6-8-7(11)4-5-13-8/h4-5,9H,6,12H2,1-3H3. The Labute approximate surface area is 92.5 Å². The summed E-state index contributed by atoms with van der Waals surface area (Å²) in [6.45, 7) is 6.54. The Morgan fingerprint density at radius 2 is 2.15 bits per heavy atom. The molecule has 0 aliphatic heterocycles. The number of hydrogen-bond donors (Lipinski definition) is 1. The lowest BCUT2D eigenvalue weighted by Gasteiger charge is -2.26. The van der Waals surface area contributed by atoms with Gasteiger partial charge in [0, 0.05) is 15.4 Å². The van der Waals surface area contributed by atoms with E-state index in [1.54, 1.807) is 11.3 Å². The minimum atomic E-state index is 0.184. The van der Waals surface area contributed by atoms with Crippen molar-refractivity contribution in [1.29, 1.82) is 0 Å². The van der Waals surface area contributed by atoms with Crippen molar-refractivity contribution in [2.24, 2.45) is 11.1 Å². The Morgan fingerprint density at radius 1 is 1.54 bits per heavy atom. The smallest absolute Gasteiger partial charge is 0.0314 e. The lowest BCUT2D eigenvalue weighted by Crippen LogP contribution is -2.36. The van der Waals surface area contributed by atoms with Gasteiger partial charge in [0.05, 0.1) is 0 Å². The van der Waals surface area contributed by atoms with Crippen LogP contribution in [0.5, 0.6) is 0 Å². The van der Waals surface area contributed by atoms with Crippen LogP contribution in [0.2, 0.25) is 0 Å². The minimum absolute atomic E-state index is 0.184. The number of hydrogen-bond acceptors (Lipinski definition) is 2. The highest BCUT2D eigenvalue weighted by Gasteiger charge is 2.21. The predicted molar refractivity (Wildman–Crippen MR) is 63.2 cm³/mol. The minimum Gasteiger partial charge on any atom is -0.327 e. The second-order valence-electron chi connectivity index (χ2n) is 4.37. The summed E-state index contributed by atoms with van der Waals surface area (Å²) in [6, 6.07) is 2.30. The number of rotatable bonds is 2. The lowest BCUT2D eigenvalue weighted by atomic mass is 9.85. The summed E-state index contributed by atoms with van der Waals surface area (Å²) < 4.78 is 1.19. The number of halogens is 1. The van der Waals surface area contributed by atoms with Gasteiger partial charge in [-0.25, -0.2) is 0 Å². The molecule has 0 saturated heterocycles. The molecule has 0 fully saturated rings. The van der Waals surface area contributed by atoms with Crippen molar-refractivity contribution in [2.45, 2.75) is 33.2 Å². The second-order valence-corrected chi connectivity index (χ2v) is 6.22. The average molecular weight is 262 g/mol. The molecule has 0 aliphatic carbocycles. The van der Waals surface area contributed by atoms with E-state index in [1.165, 1.54) is 9.35 Å². The monoisotopic (exact) mass is 261 g/mol. The fourth-order valence-corrected chi connectivity index (χ4v) is 2.55. The van der Waals surface area contributed by atoms with E-state index in [0.717, 1.165) is 6.42 Å². The largest absolute Gasteiger partial charge is 0.327 e. The highest BCUT2D eigenvalue weighted by atomic mass is 79.9. The zero-order chi connectivity index (χ0) is 10.1. The van der Waals surface area contributed by atoms with Gasteiger partial charge in [-0.15, -0.1) is 11.3 Å². The van der Waals surface area contributed by atoms with Crippen molar-refractivity contribution in [2.75, 3.05) is 0 Å². The topological polar surface area (TPSA) is 26.0 Å². The van der Waals surface area contributed by atoms with Crippen LogP contribution in [-0.2, 0) is 6.42 Å². The van der Waals surface area contributed by atoms with Gasteiger partial charge in [0.1, 0.15) is 0 Å². The van der Waals surface area contributed by atoms with Crippen LogP contribution in [0.1, 0.15) is 25.6 Å². The van der Waals surface area contributed by atoms with Crippen LogP contribution in [0.15, 0.2) is 15.9 Å². The molecule has 3 heteroatoms. The van der Waals surface area contributed by atoms with Crippen LogP contribution in [0, 0.1) is 5.41 Å². The summed E-state index contributed by atoms with van der Waals surface area (Å²) in [7, 11) is 0. The van der Waals surface area contributed by atoms with Crippen LogP contribution < -0.4 is 5.73 Å². The van der Waals surface area contributed by atoms with E-state index in [1.807, 2.05) is 0 Å². The first-order valence-corrected chi connectivity index (χ1v) is 6.06. The molecule has 1 unspecified atom stereocenters. The first-order valence-electron chi connectivity index (χ1n) is 4.38. The van der Waals surface area contributed by atoms with Crippen molar-refractivity contribution in [3.63, 3.8) is 0 Å². The predicted octanol–water partition coefficient (Wildman–Crippen LogP) is 3.43. The molecular weight excluding hydrogens is 246 g/mol. The van der Waals surface area contributed by atoms with Crippen LogP contribution in [-0.4, -0.2) is 6.04 Å². The van der Waals surface area contributed by atoms with Crippen molar-refractivity contribution >= 4 is 27.3 Å². The number of thiophene rings is 1. The Kier molecular flexibility index (Phi) is 3.55. The molecule has 0 aromatic carbocycles. The quantitative estimate of drug-likeness (QED) is 0.868. The lowest BCUT2D eigenvalue weighted by molar-refractivity contribution is 0.319. The summed E-state index contributed by atoms with van der Waals surface area (Å²) in [5.74, 6) is 0. The fourth-order valence-electron chi connectivity index (χ4n) is 0.977. The molecule has 0 spiro atoms. The maximum absolute atomic E-state index is 6.10. The molecule has 1 heterocycles. The van der Waals surface area contributed by atoms with Gasteiger partial charge in [-0.2, -0.15) is 0 Å². The Bertz CT molecular complexity index is 275. The van der Waals surface area contributed by atoms with Crippen LogP contribution in [0.25, 0.3) is 0 Å². The van der Waals surface area contributed by atoms with Gasteiger partial charge < -0.3 is 5.73 Å². The summed E-state index contributed by atoms with van der Waals surface area (Å²) in [4.78, 5) is 1.35. The van der Waals surface area contributed by atoms with Crippen LogP contribution in [0.4, 0.5) is 0 Å². The molecule has 1 aromatic rings. The molecule has 0 saturated carbocycles. The van der Waals surface area contributed by atoms with Gasteiger partial charge in [0.15, 0.2) is 0 Å². The van der Waals surface area contributed by atoms with E-state index in [4.69, 9.17) is 5.73 Å². The molecule has 2 N–H and O–H groups in total. The SMILES string of the molecule is CC(C)(C)C(N)Cc1sccc1Br. The third-order valence-corrected chi connectivity index (χ3v) is 4.16. The molecule has 0 bridgehead atoms. The van der Waals surface area contributed by atoms with Gasteiger partial charge in [-0.3, -0.25) is 0 Å². The molecular formula is C10H16BrNS. The molecule has 0 amide bonds. The van der Waals surface area contributed by atoms with E-state index in [-0.39, 0.29) is 11.5 Å². The van der Waals surface area contributed by atoms with Gasteiger partial charge in [0.25, 0.3) is 0 Å². The zero-order valence-corrected chi connectivity index (χ0v) is 10.7. The molecule has 1 atom stereocenters. The van der Waals surface area contributed by atoms with Gasteiger partial charge in [-0.1, -0.05) is 20.8 Å². The molecule has 13 heavy (non-hydrogen) atoms. The van der Waals surface area contributed by atoms with Crippen LogP contribution in [0.3, 0.4) is 0 Å². The van der Waals surface area contributed by atoms with E-state index >= 15 is 0 Å². The summed E-state index contributed by atoms with van der Waals surface area (Å²) in [6.07, 6.45) is 0.960. The van der Waals surface area contributed by atoms with E-state index in [2.05, 4.69) is 48.1 Å². The first-order chi connectivity index (χ1) is 5.91. The summed E-state index contributed by atoms with van der Waals surface area (Å²) in [5.41, 5.74) is 6.28. The molecule has 1 nitrogen and oxygen atoms in total. The molecule has 0 aliphatic rings. The Morgan fingerprint density at radius 3 is 2.54 bits per heavy atom. The third-order valence-electron chi connectivity index (χ3n) is 2.21. The van der Waals surface area contributed by atoms with Gasteiger partial charge in [-0.05, 0) is 39.2 Å². The van der Waals surface area contributed by atoms with Gasteiger partial charge >= 0.3 is 0 Å².